The molecule has 0 saturated heterocycles. The number of rotatable bonds is 3. The molecule has 1 aliphatic rings. The third-order valence-corrected chi connectivity index (χ3v) is 3.59. The first kappa shape index (κ1) is 10.6. The van der Waals surface area contributed by atoms with Gasteiger partial charge in [-0.1, -0.05) is 32.6 Å². The zero-order valence-electron chi connectivity index (χ0n) is 9.52. The minimum absolute atomic E-state index is 0.946. The third kappa shape index (κ3) is 3.29. The highest BCUT2D eigenvalue weighted by Gasteiger charge is 2.17. The van der Waals surface area contributed by atoms with Crippen molar-refractivity contribution in [2.45, 2.75) is 45.4 Å². The molecular weight excluding hydrogens is 184 g/mol. The van der Waals surface area contributed by atoms with Gasteiger partial charge in [0.1, 0.15) is 6.33 Å². The van der Waals surface area contributed by atoms with E-state index in [2.05, 4.69) is 16.9 Å². The average molecular weight is 204 g/mol. The summed E-state index contributed by atoms with van der Waals surface area (Å²) in [5, 5.41) is 0. The first-order valence-corrected chi connectivity index (χ1v) is 6.08. The van der Waals surface area contributed by atoms with Gasteiger partial charge < -0.3 is 0 Å². The molecule has 82 valence electrons. The van der Waals surface area contributed by atoms with Crippen LogP contribution in [0.3, 0.4) is 0 Å². The van der Waals surface area contributed by atoms with Crippen LogP contribution in [-0.2, 0) is 6.42 Å². The van der Waals surface area contributed by atoms with Crippen LogP contribution in [0.25, 0.3) is 0 Å². The van der Waals surface area contributed by atoms with Crippen LogP contribution in [0.15, 0.2) is 18.7 Å². The smallest absolute Gasteiger partial charge is 0.115 e. The quantitative estimate of drug-likeness (QED) is 0.755. The van der Waals surface area contributed by atoms with E-state index < -0.39 is 0 Å². The zero-order chi connectivity index (χ0) is 10.5. The van der Waals surface area contributed by atoms with Crippen molar-refractivity contribution >= 4 is 0 Å². The van der Waals surface area contributed by atoms with Gasteiger partial charge in [0.2, 0.25) is 0 Å². The molecule has 0 N–H and O–H groups in total. The molecule has 15 heavy (non-hydrogen) atoms. The van der Waals surface area contributed by atoms with Crippen molar-refractivity contribution in [3.63, 3.8) is 0 Å². The molecule has 1 heterocycles. The maximum Gasteiger partial charge on any atom is 0.115 e. The van der Waals surface area contributed by atoms with E-state index in [1.165, 1.54) is 37.7 Å². The third-order valence-electron chi connectivity index (χ3n) is 3.59. The second-order valence-corrected chi connectivity index (χ2v) is 4.91. The highest BCUT2D eigenvalue weighted by Crippen LogP contribution is 2.30. The molecule has 2 rings (SSSR count). The minimum atomic E-state index is 0.946. The Bertz CT molecular complexity index is 276. The standard InChI is InChI=1S/C13H20N2/c1-11-2-4-12(5-3-11)6-7-13-8-14-10-15-9-13/h8-12H,2-7H2,1H3. The number of nitrogens with zero attached hydrogens (tertiary/aromatic N) is 2. The molecule has 1 aliphatic carbocycles. The summed E-state index contributed by atoms with van der Waals surface area (Å²) in [5.41, 5.74) is 1.29. The second-order valence-electron chi connectivity index (χ2n) is 4.91. The molecule has 0 atom stereocenters. The van der Waals surface area contributed by atoms with E-state index in [-0.39, 0.29) is 0 Å². The molecular formula is C13H20N2. The first-order chi connectivity index (χ1) is 7.34. The highest BCUT2D eigenvalue weighted by atomic mass is 14.8. The fraction of sp³-hybridized carbons (Fsp3) is 0.692. The Labute approximate surface area is 92.1 Å². The van der Waals surface area contributed by atoms with Crippen LogP contribution < -0.4 is 0 Å². The minimum Gasteiger partial charge on any atom is -0.245 e. The molecule has 0 bridgehead atoms. The Morgan fingerprint density at radius 1 is 1.13 bits per heavy atom. The molecule has 0 aliphatic heterocycles. The van der Waals surface area contributed by atoms with Gasteiger partial charge in [-0.05, 0) is 30.2 Å². The van der Waals surface area contributed by atoms with Crippen LogP contribution in [0.5, 0.6) is 0 Å². The number of aromatic nitrogens is 2. The predicted molar refractivity (Wildman–Crippen MR) is 61.5 cm³/mol. The lowest BCUT2D eigenvalue weighted by Crippen LogP contribution is -2.12. The van der Waals surface area contributed by atoms with E-state index in [9.17, 15) is 0 Å². The van der Waals surface area contributed by atoms with Crippen molar-refractivity contribution < 1.29 is 0 Å². The Kier molecular flexibility index (Phi) is 3.70. The van der Waals surface area contributed by atoms with Gasteiger partial charge in [0.05, 0.1) is 0 Å². The molecule has 0 spiro atoms. The van der Waals surface area contributed by atoms with Crippen molar-refractivity contribution in [1.82, 2.24) is 9.97 Å². The summed E-state index contributed by atoms with van der Waals surface area (Å²) >= 11 is 0. The van der Waals surface area contributed by atoms with E-state index in [4.69, 9.17) is 0 Å². The molecule has 1 aromatic heterocycles. The van der Waals surface area contributed by atoms with Crippen LogP contribution in [-0.4, -0.2) is 9.97 Å². The fourth-order valence-corrected chi connectivity index (χ4v) is 2.45. The average Bonchev–Trinajstić information content (AvgIpc) is 2.30. The van der Waals surface area contributed by atoms with Crippen LogP contribution >= 0.6 is 0 Å². The van der Waals surface area contributed by atoms with E-state index in [1.807, 2.05) is 12.4 Å². The molecule has 1 aromatic rings. The maximum absolute atomic E-state index is 4.05. The van der Waals surface area contributed by atoms with Crippen molar-refractivity contribution in [3.8, 4) is 0 Å². The molecule has 1 saturated carbocycles. The molecule has 0 amide bonds. The van der Waals surface area contributed by atoms with Crippen molar-refractivity contribution in [2.75, 3.05) is 0 Å². The molecule has 0 radical (unpaired) electrons. The van der Waals surface area contributed by atoms with Crippen LogP contribution in [0.4, 0.5) is 0 Å². The summed E-state index contributed by atoms with van der Waals surface area (Å²) in [6.45, 7) is 2.38. The van der Waals surface area contributed by atoms with Crippen molar-refractivity contribution in [2.24, 2.45) is 11.8 Å². The largest absolute Gasteiger partial charge is 0.245 e. The molecule has 2 heteroatoms. The summed E-state index contributed by atoms with van der Waals surface area (Å²) in [7, 11) is 0. The molecule has 2 nitrogen and oxygen atoms in total. The van der Waals surface area contributed by atoms with E-state index in [1.54, 1.807) is 6.33 Å². The van der Waals surface area contributed by atoms with Gasteiger partial charge in [-0.15, -0.1) is 0 Å². The SMILES string of the molecule is CC1CCC(CCc2cncnc2)CC1. The monoisotopic (exact) mass is 204 g/mol. The van der Waals surface area contributed by atoms with E-state index in [0.717, 1.165) is 18.3 Å². The summed E-state index contributed by atoms with van der Waals surface area (Å²) in [5.74, 6) is 1.91. The molecule has 1 fully saturated rings. The van der Waals surface area contributed by atoms with Gasteiger partial charge >= 0.3 is 0 Å². The van der Waals surface area contributed by atoms with E-state index >= 15 is 0 Å². The Morgan fingerprint density at radius 2 is 1.80 bits per heavy atom. The summed E-state index contributed by atoms with van der Waals surface area (Å²) in [6.07, 6.45) is 13.7. The lowest BCUT2D eigenvalue weighted by atomic mass is 9.80. The first-order valence-electron chi connectivity index (χ1n) is 6.08. The maximum atomic E-state index is 4.05. The topological polar surface area (TPSA) is 25.8 Å². The number of hydrogen-bond donors (Lipinski definition) is 0. The Hall–Kier alpha value is -0.920. The summed E-state index contributed by atoms with van der Waals surface area (Å²) in [4.78, 5) is 8.10. The van der Waals surface area contributed by atoms with E-state index in [0.29, 0.717) is 0 Å². The highest BCUT2D eigenvalue weighted by molar-refractivity contribution is 5.02. The van der Waals surface area contributed by atoms with Gasteiger partial charge in [-0.2, -0.15) is 0 Å². The second kappa shape index (κ2) is 5.24. The van der Waals surface area contributed by atoms with Crippen molar-refractivity contribution in [1.29, 1.82) is 0 Å². The van der Waals surface area contributed by atoms with Crippen molar-refractivity contribution in [3.05, 3.63) is 24.3 Å². The number of aryl methyl sites for hydroxylation is 1. The predicted octanol–water partition coefficient (Wildman–Crippen LogP) is 3.24. The molecule has 0 unspecified atom stereocenters. The van der Waals surface area contributed by atoms with Gasteiger partial charge in [0.25, 0.3) is 0 Å². The van der Waals surface area contributed by atoms with Gasteiger partial charge in [-0.3, -0.25) is 0 Å². The summed E-state index contributed by atoms with van der Waals surface area (Å²) < 4.78 is 0. The van der Waals surface area contributed by atoms with Crippen LogP contribution in [0, 0.1) is 11.8 Å². The lowest BCUT2D eigenvalue weighted by molar-refractivity contribution is 0.277. The van der Waals surface area contributed by atoms with Gasteiger partial charge in [0, 0.05) is 12.4 Å². The summed E-state index contributed by atoms with van der Waals surface area (Å²) in [6, 6.07) is 0. The fourth-order valence-electron chi connectivity index (χ4n) is 2.45. The normalized spacial score (nSPS) is 26.5. The van der Waals surface area contributed by atoms with Gasteiger partial charge in [-0.25, -0.2) is 9.97 Å². The Balaban J connectivity index is 1.74. The van der Waals surface area contributed by atoms with Crippen LogP contribution in [0.2, 0.25) is 0 Å². The lowest BCUT2D eigenvalue weighted by Gasteiger charge is -2.25. The number of hydrogen-bond acceptors (Lipinski definition) is 2. The van der Waals surface area contributed by atoms with Gasteiger partial charge in [0.15, 0.2) is 0 Å². The van der Waals surface area contributed by atoms with Crippen LogP contribution in [0.1, 0.15) is 44.6 Å². The Morgan fingerprint density at radius 3 is 2.47 bits per heavy atom. The zero-order valence-corrected chi connectivity index (χ0v) is 9.52. The molecule has 0 aromatic carbocycles.